The highest BCUT2D eigenvalue weighted by molar-refractivity contribution is 5.89. The summed E-state index contributed by atoms with van der Waals surface area (Å²) in [5.41, 5.74) is 1.67. The summed E-state index contributed by atoms with van der Waals surface area (Å²) in [6.07, 6.45) is 0. The van der Waals surface area contributed by atoms with E-state index in [4.69, 9.17) is 9.26 Å². The first-order valence-electron chi connectivity index (χ1n) is 8.09. The van der Waals surface area contributed by atoms with Crippen molar-refractivity contribution in [2.45, 2.75) is 20.4 Å². The van der Waals surface area contributed by atoms with Gasteiger partial charge in [-0.1, -0.05) is 5.16 Å². The van der Waals surface area contributed by atoms with Gasteiger partial charge in [-0.2, -0.15) is 5.10 Å². The topological polar surface area (TPSA) is 99.2 Å². The van der Waals surface area contributed by atoms with E-state index in [1.807, 2.05) is 31.2 Å². The molecular formula is C18H18N4O4. The molecule has 0 fully saturated rings. The second-order valence-electron chi connectivity index (χ2n) is 5.55. The number of carbonyl (C=O) groups is 1. The van der Waals surface area contributed by atoms with E-state index in [0.717, 1.165) is 16.0 Å². The van der Waals surface area contributed by atoms with Crippen LogP contribution in [-0.2, 0) is 11.3 Å². The van der Waals surface area contributed by atoms with Crippen molar-refractivity contribution in [3.8, 4) is 17.0 Å². The Labute approximate surface area is 149 Å². The number of hydrogen-bond acceptors (Lipinski definition) is 6. The zero-order valence-corrected chi connectivity index (χ0v) is 14.4. The summed E-state index contributed by atoms with van der Waals surface area (Å²) in [5, 5.41) is 10.5. The maximum atomic E-state index is 12.1. The van der Waals surface area contributed by atoms with Crippen molar-refractivity contribution in [3.05, 3.63) is 58.5 Å². The first kappa shape index (κ1) is 17.4. The molecule has 0 atom stereocenters. The number of hydrogen-bond donors (Lipinski definition) is 1. The van der Waals surface area contributed by atoms with E-state index in [2.05, 4.69) is 15.6 Å². The quantitative estimate of drug-likeness (QED) is 0.729. The van der Waals surface area contributed by atoms with Crippen molar-refractivity contribution in [2.24, 2.45) is 0 Å². The number of benzene rings is 1. The zero-order chi connectivity index (χ0) is 18.5. The average Bonchev–Trinajstić information content (AvgIpc) is 3.02. The SMILES string of the molecule is CCOc1ccc(-c2ccc(=O)n(CC(=O)Nc3cc(C)no3)n2)cc1. The minimum Gasteiger partial charge on any atom is -0.494 e. The molecule has 0 aliphatic heterocycles. The number of aryl methyl sites for hydroxylation is 1. The van der Waals surface area contributed by atoms with Gasteiger partial charge in [0.2, 0.25) is 11.8 Å². The van der Waals surface area contributed by atoms with Crippen LogP contribution in [0.4, 0.5) is 5.88 Å². The van der Waals surface area contributed by atoms with Crippen molar-refractivity contribution in [3.63, 3.8) is 0 Å². The second-order valence-corrected chi connectivity index (χ2v) is 5.55. The number of anilines is 1. The van der Waals surface area contributed by atoms with Crippen LogP contribution in [0, 0.1) is 6.92 Å². The van der Waals surface area contributed by atoms with Crippen LogP contribution in [0.2, 0.25) is 0 Å². The van der Waals surface area contributed by atoms with Crippen molar-refractivity contribution >= 4 is 11.8 Å². The van der Waals surface area contributed by atoms with Crippen LogP contribution in [-0.4, -0.2) is 27.5 Å². The van der Waals surface area contributed by atoms with Gasteiger partial charge >= 0.3 is 0 Å². The minimum absolute atomic E-state index is 0.225. The molecule has 3 aromatic rings. The van der Waals surface area contributed by atoms with Crippen LogP contribution >= 0.6 is 0 Å². The number of ether oxygens (including phenoxy) is 1. The highest BCUT2D eigenvalue weighted by Crippen LogP contribution is 2.19. The Morgan fingerprint density at radius 3 is 2.65 bits per heavy atom. The van der Waals surface area contributed by atoms with E-state index in [-0.39, 0.29) is 18.0 Å². The molecule has 0 bridgehead atoms. The Hall–Kier alpha value is -3.42. The number of rotatable bonds is 6. The van der Waals surface area contributed by atoms with Crippen LogP contribution in [0.25, 0.3) is 11.3 Å². The van der Waals surface area contributed by atoms with Gasteiger partial charge in [-0.3, -0.25) is 14.9 Å². The summed E-state index contributed by atoms with van der Waals surface area (Å²) in [7, 11) is 0. The molecule has 0 aliphatic carbocycles. The van der Waals surface area contributed by atoms with Gasteiger partial charge in [0, 0.05) is 17.7 Å². The number of nitrogens with zero attached hydrogens (tertiary/aromatic N) is 3. The molecule has 0 radical (unpaired) electrons. The lowest BCUT2D eigenvalue weighted by Gasteiger charge is -2.08. The molecule has 1 amide bonds. The number of aromatic nitrogens is 3. The highest BCUT2D eigenvalue weighted by Gasteiger charge is 2.10. The number of amides is 1. The molecule has 3 rings (SSSR count). The van der Waals surface area contributed by atoms with Gasteiger partial charge in [0.1, 0.15) is 12.3 Å². The lowest BCUT2D eigenvalue weighted by Crippen LogP contribution is -2.29. The lowest BCUT2D eigenvalue weighted by atomic mass is 10.1. The zero-order valence-electron chi connectivity index (χ0n) is 14.4. The first-order chi connectivity index (χ1) is 12.5. The lowest BCUT2D eigenvalue weighted by molar-refractivity contribution is -0.117. The molecule has 0 unspecified atom stereocenters. The third-order valence-corrected chi connectivity index (χ3v) is 3.51. The van der Waals surface area contributed by atoms with E-state index in [9.17, 15) is 9.59 Å². The molecule has 0 spiro atoms. The van der Waals surface area contributed by atoms with E-state index in [1.165, 1.54) is 6.07 Å². The van der Waals surface area contributed by atoms with Crippen LogP contribution in [0.15, 0.2) is 51.8 Å². The third kappa shape index (κ3) is 4.15. The summed E-state index contributed by atoms with van der Waals surface area (Å²) in [6, 6.07) is 11.9. The van der Waals surface area contributed by atoms with Crippen molar-refractivity contribution in [2.75, 3.05) is 11.9 Å². The fraction of sp³-hybridized carbons (Fsp3) is 0.222. The predicted molar refractivity (Wildman–Crippen MR) is 95.0 cm³/mol. The Balaban J connectivity index is 1.76. The molecule has 1 aromatic carbocycles. The largest absolute Gasteiger partial charge is 0.494 e. The Bertz CT molecular complexity index is 960. The average molecular weight is 354 g/mol. The fourth-order valence-corrected chi connectivity index (χ4v) is 2.34. The summed E-state index contributed by atoms with van der Waals surface area (Å²) in [4.78, 5) is 24.1. The first-order valence-corrected chi connectivity index (χ1v) is 8.09. The van der Waals surface area contributed by atoms with Crippen molar-refractivity contribution < 1.29 is 14.1 Å². The van der Waals surface area contributed by atoms with E-state index in [1.54, 1.807) is 19.1 Å². The molecule has 0 aliphatic rings. The molecule has 1 N–H and O–H groups in total. The second kappa shape index (κ2) is 7.64. The third-order valence-electron chi connectivity index (χ3n) is 3.51. The molecule has 8 heteroatoms. The summed E-state index contributed by atoms with van der Waals surface area (Å²) in [5.74, 6) is 0.550. The summed E-state index contributed by atoms with van der Waals surface area (Å²) < 4.78 is 11.4. The standard InChI is InChI=1S/C18H18N4O4/c1-3-25-14-6-4-13(5-7-14)15-8-9-18(24)22(20-15)11-16(23)19-17-10-12(2)21-26-17/h4-10H,3,11H2,1-2H3,(H,19,23). The predicted octanol–water partition coefficient (Wildman–Crippen LogP) is 2.24. The van der Waals surface area contributed by atoms with Gasteiger partial charge in [-0.05, 0) is 44.2 Å². The Morgan fingerprint density at radius 1 is 1.23 bits per heavy atom. The molecule has 8 nitrogen and oxygen atoms in total. The monoisotopic (exact) mass is 354 g/mol. The molecule has 134 valence electrons. The van der Waals surface area contributed by atoms with Gasteiger partial charge < -0.3 is 9.26 Å². The number of carbonyl (C=O) groups excluding carboxylic acids is 1. The van der Waals surface area contributed by atoms with E-state index < -0.39 is 5.91 Å². The number of nitrogens with one attached hydrogen (secondary N) is 1. The Morgan fingerprint density at radius 2 is 2.00 bits per heavy atom. The van der Waals surface area contributed by atoms with Gasteiger partial charge in [-0.15, -0.1) is 0 Å². The highest BCUT2D eigenvalue weighted by atomic mass is 16.5. The Kier molecular flexibility index (Phi) is 5.12. The van der Waals surface area contributed by atoms with Crippen LogP contribution in [0.3, 0.4) is 0 Å². The van der Waals surface area contributed by atoms with Crippen LogP contribution < -0.4 is 15.6 Å². The summed E-state index contributed by atoms with van der Waals surface area (Å²) in [6.45, 7) is 4.01. The minimum atomic E-state index is -0.431. The maximum absolute atomic E-state index is 12.1. The van der Waals surface area contributed by atoms with E-state index in [0.29, 0.717) is 18.0 Å². The van der Waals surface area contributed by atoms with Crippen LogP contribution in [0.1, 0.15) is 12.6 Å². The smallest absolute Gasteiger partial charge is 0.267 e. The van der Waals surface area contributed by atoms with Gasteiger partial charge in [0.25, 0.3) is 5.56 Å². The summed E-state index contributed by atoms with van der Waals surface area (Å²) >= 11 is 0. The van der Waals surface area contributed by atoms with Crippen LogP contribution in [0.5, 0.6) is 5.75 Å². The molecule has 2 aromatic heterocycles. The maximum Gasteiger partial charge on any atom is 0.267 e. The molecule has 2 heterocycles. The van der Waals surface area contributed by atoms with Gasteiger partial charge in [0.15, 0.2) is 0 Å². The molecular weight excluding hydrogens is 336 g/mol. The fourth-order valence-electron chi connectivity index (χ4n) is 2.34. The molecule has 26 heavy (non-hydrogen) atoms. The van der Waals surface area contributed by atoms with Crippen molar-refractivity contribution in [1.82, 2.24) is 14.9 Å². The van der Waals surface area contributed by atoms with Crippen molar-refractivity contribution in [1.29, 1.82) is 0 Å². The van der Waals surface area contributed by atoms with Gasteiger partial charge in [-0.25, -0.2) is 4.68 Å². The normalized spacial score (nSPS) is 10.5. The molecule has 0 saturated heterocycles. The molecule has 0 saturated carbocycles. The van der Waals surface area contributed by atoms with E-state index >= 15 is 0 Å². The van der Waals surface area contributed by atoms with Gasteiger partial charge in [0.05, 0.1) is 18.0 Å².